The highest BCUT2D eigenvalue weighted by atomic mass is 16.3. The standard InChI is InChI=1S/C14H19N3O3/c1-13(2,9-18)16-12(20)14(3)8-11(19)15-10-6-4-5-7-17(10)14/h4-7,18H,8-9H2,1-3H3,(H,16,20). The van der Waals surface area contributed by atoms with Gasteiger partial charge in [-0.1, -0.05) is 6.08 Å². The number of nitrogens with zero attached hydrogens (tertiary/aromatic N) is 2. The molecule has 0 aliphatic carbocycles. The van der Waals surface area contributed by atoms with Gasteiger partial charge in [0.1, 0.15) is 11.4 Å². The topological polar surface area (TPSA) is 82.0 Å². The van der Waals surface area contributed by atoms with Crippen molar-refractivity contribution in [3.63, 3.8) is 0 Å². The van der Waals surface area contributed by atoms with E-state index >= 15 is 0 Å². The molecule has 2 heterocycles. The van der Waals surface area contributed by atoms with E-state index in [1.807, 2.05) is 0 Å². The normalized spacial score (nSPS) is 25.3. The average Bonchev–Trinajstić information content (AvgIpc) is 2.38. The van der Waals surface area contributed by atoms with Gasteiger partial charge in [-0.2, -0.15) is 4.99 Å². The molecule has 0 bridgehead atoms. The summed E-state index contributed by atoms with van der Waals surface area (Å²) in [5.41, 5.74) is -1.78. The second kappa shape index (κ2) is 4.86. The number of amidine groups is 1. The van der Waals surface area contributed by atoms with Gasteiger partial charge in [0.15, 0.2) is 0 Å². The van der Waals surface area contributed by atoms with Gasteiger partial charge < -0.3 is 15.3 Å². The van der Waals surface area contributed by atoms with Crippen LogP contribution in [-0.2, 0) is 9.59 Å². The number of aliphatic hydroxyl groups excluding tert-OH is 1. The van der Waals surface area contributed by atoms with Crippen LogP contribution in [0.1, 0.15) is 27.2 Å². The van der Waals surface area contributed by atoms with Gasteiger partial charge in [0.2, 0.25) is 5.91 Å². The number of hydrogen-bond donors (Lipinski definition) is 2. The summed E-state index contributed by atoms with van der Waals surface area (Å²) in [4.78, 5) is 30.0. The van der Waals surface area contributed by atoms with Crippen molar-refractivity contribution < 1.29 is 14.7 Å². The minimum Gasteiger partial charge on any atom is -0.394 e. The number of aliphatic imine (C=N–C) groups is 1. The number of rotatable bonds is 3. The Balaban J connectivity index is 2.31. The Hall–Kier alpha value is -1.95. The first-order valence-electron chi connectivity index (χ1n) is 6.48. The molecular weight excluding hydrogens is 258 g/mol. The van der Waals surface area contributed by atoms with E-state index in [-0.39, 0.29) is 24.8 Å². The number of nitrogens with one attached hydrogen (secondary N) is 1. The maximum absolute atomic E-state index is 12.6. The zero-order valence-electron chi connectivity index (χ0n) is 11.9. The van der Waals surface area contributed by atoms with Gasteiger partial charge in [-0.05, 0) is 32.9 Å². The fraction of sp³-hybridized carbons (Fsp3) is 0.500. The second-order valence-electron chi connectivity index (χ2n) is 5.88. The first kappa shape index (κ1) is 14.5. The van der Waals surface area contributed by atoms with E-state index in [0.29, 0.717) is 5.84 Å². The fourth-order valence-corrected chi connectivity index (χ4v) is 2.16. The molecule has 2 aliphatic rings. The van der Waals surface area contributed by atoms with Crippen molar-refractivity contribution in [2.45, 2.75) is 38.3 Å². The summed E-state index contributed by atoms with van der Waals surface area (Å²) in [6.45, 7) is 4.96. The number of hydrogen-bond acceptors (Lipinski definition) is 4. The number of carbonyl (C=O) groups excluding carboxylic acids is 2. The second-order valence-corrected chi connectivity index (χ2v) is 5.88. The summed E-state index contributed by atoms with van der Waals surface area (Å²) in [5.74, 6) is -0.170. The summed E-state index contributed by atoms with van der Waals surface area (Å²) < 4.78 is 0. The molecule has 0 spiro atoms. The van der Waals surface area contributed by atoms with Crippen molar-refractivity contribution in [1.82, 2.24) is 10.2 Å². The molecule has 0 radical (unpaired) electrons. The summed E-state index contributed by atoms with van der Waals surface area (Å²) in [6.07, 6.45) is 6.99. The van der Waals surface area contributed by atoms with Gasteiger partial charge in [0.25, 0.3) is 5.91 Å². The Labute approximate surface area is 117 Å². The summed E-state index contributed by atoms with van der Waals surface area (Å²) in [6, 6.07) is 0. The molecule has 1 atom stereocenters. The van der Waals surface area contributed by atoms with E-state index in [1.165, 1.54) is 0 Å². The number of aliphatic hydroxyl groups is 1. The molecule has 20 heavy (non-hydrogen) atoms. The Bertz CT molecular complexity index is 534. The van der Waals surface area contributed by atoms with E-state index in [2.05, 4.69) is 10.3 Å². The Morgan fingerprint density at radius 1 is 1.55 bits per heavy atom. The van der Waals surface area contributed by atoms with Crippen LogP contribution >= 0.6 is 0 Å². The van der Waals surface area contributed by atoms with Crippen molar-refractivity contribution in [2.24, 2.45) is 4.99 Å². The zero-order valence-corrected chi connectivity index (χ0v) is 11.9. The first-order valence-corrected chi connectivity index (χ1v) is 6.48. The van der Waals surface area contributed by atoms with Crippen molar-refractivity contribution in [3.05, 3.63) is 24.4 Å². The molecule has 0 aromatic rings. The lowest BCUT2D eigenvalue weighted by Crippen LogP contribution is -2.63. The molecule has 0 saturated heterocycles. The lowest BCUT2D eigenvalue weighted by atomic mass is 9.90. The van der Waals surface area contributed by atoms with Crippen molar-refractivity contribution >= 4 is 17.6 Å². The number of fused-ring (bicyclic) bond motifs is 1. The molecule has 0 fully saturated rings. The lowest BCUT2D eigenvalue weighted by molar-refractivity contribution is -0.136. The lowest BCUT2D eigenvalue weighted by Gasteiger charge is -2.43. The van der Waals surface area contributed by atoms with Gasteiger partial charge in [-0.15, -0.1) is 0 Å². The summed E-state index contributed by atoms with van der Waals surface area (Å²) in [7, 11) is 0. The van der Waals surface area contributed by atoms with E-state index in [4.69, 9.17) is 0 Å². The van der Waals surface area contributed by atoms with E-state index in [1.54, 1.807) is 50.1 Å². The number of allylic oxidation sites excluding steroid dienone is 2. The highest BCUT2D eigenvalue weighted by Gasteiger charge is 2.46. The van der Waals surface area contributed by atoms with E-state index < -0.39 is 11.1 Å². The Morgan fingerprint density at radius 3 is 2.90 bits per heavy atom. The van der Waals surface area contributed by atoms with Crippen molar-refractivity contribution in [3.8, 4) is 0 Å². The minimum absolute atomic E-state index is 0.00201. The third-order valence-corrected chi connectivity index (χ3v) is 3.44. The van der Waals surface area contributed by atoms with Gasteiger partial charge in [0, 0.05) is 6.20 Å². The Morgan fingerprint density at radius 2 is 2.25 bits per heavy atom. The fourth-order valence-electron chi connectivity index (χ4n) is 2.16. The van der Waals surface area contributed by atoms with Crippen LogP contribution in [0.15, 0.2) is 29.4 Å². The first-order chi connectivity index (χ1) is 9.28. The molecule has 6 nitrogen and oxygen atoms in total. The molecule has 2 aliphatic heterocycles. The predicted octanol–water partition coefficient (Wildman–Crippen LogP) is 0.346. The molecule has 1 unspecified atom stereocenters. The molecule has 0 aromatic heterocycles. The molecule has 0 aromatic carbocycles. The highest BCUT2D eigenvalue weighted by Crippen LogP contribution is 2.28. The summed E-state index contributed by atoms with van der Waals surface area (Å²) >= 11 is 0. The van der Waals surface area contributed by atoms with Gasteiger partial charge in [-0.3, -0.25) is 9.59 Å². The zero-order chi connectivity index (χ0) is 15.0. The third kappa shape index (κ3) is 2.51. The van der Waals surface area contributed by atoms with Crippen LogP contribution in [0.4, 0.5) is 0 Å². The number of carbonyl (C=O) groups is 2. The highest BCUT2D eigenvalue weighted by molar-refractivity contribution is 6.09. The van der Waals surface area contributed by atoms with Crippen LogP contribution in [0.25, 0.3) is 0 Å². The molecule has 2 N–H and O–H groups in total. The van der Waals surface area contributed by atoms with Crippen LogP contribution in [0.5, 0.6) is 0 Å². The molecular formula is C14H19N3O3. The van der Waals surface area contributed by atoms with Gasteiger partial charge in [-0.25, -0.2) is 0 Å². The quantitative estimate of drug-likeness (QED) is 0.779. The maximum atomic E-state index is 12.6. The largest absolute Gasteiger partial charge is 0.394 e. The molecule has 2 amide bonds. The van der Waals surface area contributed by atoms with E-state index in [0.717, 1.165) is 0 Å². The van der Waals surface area contributed by atoms with Crippen LogP contribution < -0.4 is 5.32 Å². The van der Waals surface area contributed by atoms with Crippen molar-refractivity contribution in [2.75, 3.05) is 6.61 Å². The SMILES string of the molecule is CC(C)(CO)NC(=O)C1(C)CC(=O)N=C2C=CC=CN21. The monoisotopic (exact) mass is 277 g/mol. The average molecular weight is 277 g/mol. The van der Waals surface area contributed by atoms with Gasteiger partial charge >= 0.3 is 0 Å². The van der Waals surface area contributed by atoms with Crippen molar-refractivity contribution in [1.29, 1.82) is 0 Å². The predicted molar refractivity (Wildman–Crippen MR) is 74.9 cm³/mol. The van der Waals surface area contributed by atoms with Gasteiger partial charge in [0.05, 0.1) is 18.6 Å². The van der Waals surface area contributed by atoms with E-state index in [9.17, 15) is 14.7 Å². The summed E-state index contributed by atoms with van der Waals surface area (Å²) in [5, 5.41) is 12.0. The van der Waals surface area contributed by atoms with Crippen LogP contribution in [-0.4, -0.2) is 45.3 Å². The number of amides is 2. The Kier molecular flexibility index (Phi) is 3.52. The molecule has 2 rings (SSSR count). The van der Waals surface area contributed by atoms with Crippen LogP contribution in [0.3, 0.4) is 0 Å². The molecule has 0 saturated carbocycles. The van der Waals surface area contributed by atoms with Crippen LogP contribution in [0, 0.1) is 0 Å². The minimum atomic E-state index is -1.04. The third-order valence-electron chi connectivity index (χ3n) is 3.44. The molecule has 6 heteroatoms. The molecule has 108 valence electrons. The smallest absolute Gasteiger partial charge is 0.250 e. The maximum Gasteiger partial charge on any atom is 0.250 e. The van der Waals surface area contributed by atoms with Crippen LogP contribution in [0.2, 0.25) is 0 Å².